The summed E-state index contributed by atoms with van der Waals surface area (Å²) in [6.07, 6.45) is -6.97. The van der Waals surface area contributed by atoms with E-state index in [1.54, 1.807) is 119 Å². The third-order valence-corrected chi connectivity index (χ3v) is 13.7. The molecule has 3 fully saturated rings. The van der Waals surface area contributed by atoms with Gasteiger partial charge in [0.2, 0.25) is 11.7 Å². The number of methoxy groups -OCH3 is 2. The Morgan fingerprint density at radius 3 is 1.95 bits per heavy atom. The minimum Gasteiger partial charge on any atom is -0.493 e. The summed E-state index contributed by atoms with van der Waals surface area (Å²) in [5.41, 5.74) is -6.04. The minimum atomic E-state index is -2.23. The molecule has 7 rings (SSSR count). The van der Waals surface area contributed by atoms with Crippen LogP contribution in [0.5, 0.6) is 0 Å². The van der Waals surface area contributed by atoms with Crippen LogP contribution in [0.1, 0.15) is 79.8 Å². The predicted octanol–water partition coefficient (Wildman–Crippen LogP) is 4.68. The van der Waals surface area contributed by atoms with Crippen LogP contribution in [0.4, 0.5) is 0 Å². The lowest BCUT2D eigenvalue weighted by Gasteiger charge is -2.67. The molecule has 1 saturated heterocycles. The number of nitrogens with one attached hydrogen (secondary N) is 1. The number of benzene rings is 3. The van der Waals surface area contributed by atoms with Gasteiger partial charge in [-0.2, -0.15) is 0 Å². The molecule has 0 radical (unpaired) electrons. The van der Waals surface area contributed by atoms with Gasteiger partial charge in [-0.05, 0) is 42.3 Å². The number of fused-ring (bicyclic) bond motifs is 5. The summed E-state index contributed by atoms with van der Waals surface area (Å²) < 4.78 is 37.5. The average Bonchev–Trinajstić information content (AvgIpc) is 3.24. The molecular formula is C47H53NO13. The largest absolute Gasteiger partial charge is 0.493 e. The Labute approximate surface area is 354 Å². The lowest BCUT2D eigenvalue weighted by Crippen LogP contribution is -2.81. The molecule has 1 aliphatic heterocycles. The first kappa shape index (κ1) is 43.7. The molecule has 3 aromatic carbocycles. The number of Topliss-reactive ketones (excluding diaryl/α,β-unsaturated/α-hetero) is 1. The molecule has 11 atom stereocenters. The second-order valence-corrected chi connectivity index (χ2v) is 17.2. The lowest BCUT2D eigenvalue weighted by atomic mass is 9.45. The Kier molecular flexibility index (Phi) is 11.8. The van der Waals surface area contributed by atoms with Crippen molar-refractivity contribution in [3.63, 3.8) is 0 Å². The number of aliphatic hydroxyl groups is 2. The van der Waals surface area contributed by atoms with E-state index in [0.29, 0.717) is 5.56 Å². The molecule has 61 heavy (non-hydrogen) atoms. The van der Waals surface area contributed by atoms with Gasteiger partial charge in [0.15, 0.2) is 17.5 Å². The molecule has 324 valence electrons. The molecule has 2 bridgehead atoms. The zero-order valence-electron chi connectivity index (χ0n) is 35.3. The van der Waals surface area contributed by atoms with Crippen molar-refractivity contribution < 1.29 is 62.6 Å². The third kappa shape index (κ3) is 7.12. The number of rotatable bonds is 11. The summed E-state index contributed by atoms with van der Waals surface area (Å²) in [6, 6.07) is 23.6. The number of carbonyl (C=O) groups is 5. The Morgan fingerprint density at radius 1 is 0.852 bits per heavy atom. The van der Waals surface area contributed by atoms with Crippen molar-refractivity contribution in [2.24, 2.45) is 22.7 Å². The van der Waals surface area contributed by atoms with Crippen LogP contribution < -0.4 is 5.32 Å². The van der Waals surface area contributed by atoms with E-state index in [-0.39, 0.29) is 35.5 Å². The highest BCUT2D eigenvalue weighted by molar-refractivity contribution is 6.01. The first-order chi connectivity index (χ1) is 29.0. The molecule has 2 saturated carbocycles. The monoisotopic (exact) mass is 839 g/mol. The maximum Gasteiger partial charge on any atom is 0.338 e. The van der Waals surface area contributed by atoms with Crippen LogP contribution in [0.3, 0.4) is 0 Å². The van der Waals surface area contributed by atoms with Gasteiger partial charge in [-0.3, -0.25) is 9.59 Å². The van der Waals surface area contributed by atoms with Crippen LogP contribution in [0.25, 0.3) is 0 Å². The molecule has 3 aliphatic carbocycles. The quantitative estimate of drug-likeness (QED) is 0.178. The van der Waals surface area contributed by atoms with Crippen molar-refractivity contribution in [1.82, 2.24) is 5.32 Å². The maximum absolute atomic E-state index is 15.7. The van der Waals surface area contributed by atoms with Crippen molar-refractivity contribution in [3.05, 3.63) is 119 Å². The van der Waals surface area contributed by atoms with Gasteiger partial charge in [0.25, 0.3) is 0 Å². The Bertz CT molecular complexity index is 2190. The first-order valence-electron chi connectivity index (χ1n) is 20.4. The van der Waals surface area contributed by atoms with E-state index < -0.39 is 106 Å². The lowest BCUT2D eigenvalue weighted by molar-refractivity contribution is -0.342. The summed E-state index contributed by atoms with van der Waals surface area (Å²) in [7, 11) is 2.77. The Balaban J connectivity index is 1.42. The van der Waals surface area contributed by atoms with Crippen LogP contribution in [0.2, 0.25) is 0 Å². The van der Waals surface area contributed by atoms with Gasteiger partial charge < -0.3 is 44.0 Å². The van der Waals surface area contributed by atoms with Crippen molar-refractivity contribution >= 4 is 29.6 Å². The van der Waals surface area contributed by atoms with E-state index >= 15 is 4.79 Å². The van der Waals surface area contributed by atoms with Gasteiger partial charge in [0.1, 0.15) is 23.9 Å². The van der Waals surface area contributed by atoms with Crippen molar-refractivity contribution in [2.75, 3.05) is 20.8 Å². The number of ketones is 1. The van der Waals surface area contributed by atoms with Gasteiger partial charge in [-0.1, -0.05) is 87.5 Å². The molecule has 4 aliphatic rings. The number of allylic oxidation sites excluding steroid dienone is 1. The topological polar surface area (TPSA) is 193 Å². The van der Waals surface area contributed by atoms with Crippen LogP contribution in [-0.4, -0.2) is 102 Å². The molecule has 0 aromatic heterocycles. The third-order valence-electron chi connectivity index (χ3n) is 13.7. The number of hydrogen-bond acceptors (Lipinski definition) is 13. The van der Waals surface area contributed by atoms with Crippen LogP contribution in [-0.2, 0) is 42.8 Å². The Hall–Kier alpha value is -5.41. The fourth-order valence-corrected chi connectivity index (χ4v) is 10.4. The standard InChI is InChI=1S/C47H53NO13/c1-26-31(59-43(54)36(50)35(48-27(2)49)28-17-11-8-12-18-28)24-47(55)40(60-41(52)29-19-13-9-14-20-29)38-45(5,39(51)37(57-7)34(26)44(47,3)4)32(56-6)23-33-46(38,25-58-33)61-42(53)30-21-15-10-16-22-30/h8-22,26,31-33,35-36,38,40,50,55H,23-25H2,1-7H3,(H,48,49)/b37-34+/t26?,31-,32-,33+,35-,36+,38-,40-,45+,46-,47+/m0/s1. The number of carbonyl (C=O) groups excluding carboxylic acids is 5. The highest BCUT2D eigenvalue weighted by Gasteiger charge is 2.78. The molecule has 0 spiro atoms. The summed E-state index contributed by atoms with van der Waals surface area (Å²) in [5, 5.41) is 28.0. The van der Waals surface area contributed by atoms with E-state index in [9.17, 15) is 29.4 Å². The number of hydrogen-bond donors (Lipinski definition) is 3. The molecule has 3 aromatic rings. The summed E-state index contributed by atoms with van der Waals surface area (Å²) in [5.74, 6) is -6.10. The molecule has 1 heterocycles. The molecule has 14 heteroatoms. The number of esters is 3. The normalized spacial score (nSPS) is 33.4. The summed E-state index contributed by atoms with van der Waals surface area (Å²) in [6.45, 7) is 7.78. The van der Waals surface area contributed by atoms with Crippen LogP contribution >= 0.6 is 0 Å². The fourth-order valence-electron chi connectivity index (χ4n) is 10.4. The van der Waals surface area contributed by atoms with Crippen molar-refractivity contribution in [3.8, 4) is 0 Å². The minimum absolute atomic E-state index is 0.0926. The van der Waals surface area contributed by atoms with Gasteiger partial charge in [-0.25, -0.2) is 14.4 Å². The van der Waals surface area contributed by atoms with E-state index in [1.165, 1.54) is 21.1 Å². The van der Waals surface area contributed by atoms with Gasteiger partial charge in [0, 0.05) is 38.2 Å². The van der Waals surface area contributed by atoms with E-state index in [0.717, 1.165) is 0 Å². The van der Waals surface area contributed by atoms with Gasteiger partial charge in [0.05, 0.1) is 48.3 Å². The number of amides is 1. The second-order valence-electron chi connectivity index (χ2n) is 17.2. The first-order valence-corrected chi connectivity index (χ1v) is 20.4. The second kappa shape index (κ2) is 16.5. The Morgan fingerprint density at radius 2 is 1.43 bits per heavy atom. The van der Waals surface area contributed by atoms with Gasteiger partial charge in [-0.15, -0.1) is 0 Å². The zero-order chi connectivity index (χ0) is 44.1. The summed E-state index contributed by atoms with van der Waals surface area (Å²) >= 11 is 0. The molecule has 1 amide bonds. The van der Waals surface area contributed by atoms with Crippen LogP contribution in [0.15, 0.2) is 102 Å². The van der Waals surface area contributed by atoms with Crippen molar-refractivity contribution in [2.45, 2.75) is 95.2 Å². The molecule has 3 N–H and O–H groups in total. The van der Waals surface area contributed by atoms with E-state index in [1.807, 2.05) is 0 Å². The van der Waals surface area contributed by atoms with E-state index in [2.05, 4.69) is 5.32 Å². The molecule has 1 unspecified atom stereocenters. The smallest absolute Gasteiger partial charge is 0.338 e. The van der Waals surface area contributed by atoms with Gasteiger partial charge >= 0.3 is 17.9 Å². The van der Waals surface area contributed by atoms with E-state index in [4.69, 9.17) is 28.4 Å². The highest BCUT2D eigenvalue weighted by Crippen LogP contribution is 2.65. The zero-order valence-corrected chi connectivity index (χ0v) is 35.3. The van der Waals surface area contributed by atoms with Crippen LogP contribution in [0, 0.1) is 22.7 Å². The SMILES string of the molecule is CO/C1=C2\C(C)[C@@H](OC(=O)[C@H](O)[C@@H](NC(C)=O)c3ccccc3)C[C@@](O)([C@@H](OC(=O)c3ccccc3)[C@@H]3[C@]4(OC(=O)c5ccccc5)CO[C@@H]4C[C@H](OC)[C@@]3(C)C1=O)C2(C)C. The number of ether oxygens (including phenoxy) is 6. The molecule has 14 nitrogen and oxygen atoms in total. The molecular weight excluding hydrogens is 787 g/mol. The average molecular weight is 840 g/mol. The maximum atomic E-state index is 15.7. The number of aliphatic hydroxyl groups excluding tert-OH is 1. The highest BCUT2D eigenvalue weighted by atomic mass is 16.6. The predicted molar refractivity (Wildman–Crippen MR) is 217 cm³/mol. The fraction of sp³-hybridized carbons (Fsp3) is 0.468. The summed E-state index contributed by atoms with van der Waals surface area (Å²) in [4.78, 5) is 70.7. The van der Waals surface area contributed by atoms with Crippen molar-refractivity contribution in [1.29, 1.82) is 0 Å².